The molecule has 3 heteroatoms. The van der Waals surface area contributed by atoms with E-state index in [0.717, 1.165) is 25.9 Å². The van der Waals surface area contributed by atoms with Crippen molar-refractivity contribution in [2.24, 2.45) is 0 Å². The lowest BCUT2D eigenvalue weighted by molar-refractivity contribution is -0.138. The van der Waals surface area contributed by atoms with E-state index in [9.17, 15) is 4.79 Å². The molecule has 1 aliphatic rings. The zero-order valence-electron chi connectivity index (χ0n) is 8.58. The molecule has 76 valence electrons. The number of hydrogen-bond donors (Lipinski definition) is 0. The molecular weight excluding hydrogens is 166 g/mol. The van der Waals surface area contributed by atoms with Crippen LogP contribution in [0.15, 0.2) is 0 Å². The summed E-state index contributed by atoms with van der Waals surface area (Å²) in [4.78, 5) is 13.5. The van der Waals surface area contributed by atoms with Crippen molar-refractivity contribution < 1.29 is 9.53 Å². The van der Waals surface area contributed by atoms with Crippen molar-refractivity contribution in [3.8, 4) is 0 Å². The maximum Gasteiger partial charge on any atom is 0.222 e. The van der Waals surface area contributed by atoms with Gasteiger partial charge in [0.2, 0.25) is 5.91 Å². The van der Waals surface area contributed by atoms with Crippen molar-refractivity contribution in [1.29, 1.82) is 0 Å². The Labute approximate surface area is 80.1 Å². The number of carbonyl (C=O) groups is 1. The van der Waals surface area contributed by atoms with Crippen LogP contribution in [-0.2, 0) is 9.53 Å². The van der Waals surface area contributed by atoms with E-state index in [1.165, 1.54) is 0 Å². The van der Waals surface area contributed by atoms with Gasteiger partial charge in [0.25, 0.3) is 0 Å². The Morgan fingerprint density at radius 2 is 2.31 bits per heavy atom. The highest BCUT2D eigenvalue weighted by molar-refractivity contribution is 5.76. The van der Waals surface area contributed by atoms with Gasteiger partial charge in [0.1, 0.15) is 0 Å². The van der Waals surface area contributed by atoms with E-state index in [-0.39, 0.29) is 12.0 Å². The summed E-state index contributed by atoms with van der Waals surface area (Å²) in [7, 11) is 0. The van der Waals surface area contributed by atoms with Crippen LogP contribution in [0.3, 0.4) is 0 Å². The molecule has 0 saturated carbocycles. The van der Waals surface area contributed by atoms with Crippen molar-refractivity contribution in [2.75, 3.05) is 19.7 Å². The first-order valence-corrected chi connectivity index (χ1v) is 5.17. The number of amides is 1. The predicted molar refractivity (Wildman–Crippen MR) is 51.5 cm³/mol. The second-order valence-corrected chi connectivity index (χ2v) is 3.49. The van der Waals surface area contributed by atoms with Crippen LogP contribution < -0.4 is 0 Å². The van der Waals surface area contributed by atoms with Crippen LogP contribution in [0.25, 0.3) is 0 Å². The number of morpholine rings is 1. The first-order valence-electron chi connectivity index (χ1n) is 5.17. The van der Waals surface area contributed by atoms with Crippen molar-refractivity contribution in [2.45, 2.75) is 39.2 Å². The average molecular weight is 185 g/mol. The first kappa shape index (κ1) is 10.5. The third kappa shape index (κ3) is 2.99. The quantitative estimate of drug-likeness (QED) is 0.665. The minimum atomic E-state index is 0.259. The Morgan fingerprint density at radius 1 is 1.54 bits per heavy atom. The van der Waals surface area contributed by atoms with Crippen LogP contribution in [0.2, 0.25) is 0 Å². The topological polar surface area (TPSA) is 29.5 Å². The molecule has 1 fully saturated rings. The second-order valence-electron chi connectivity index (χ2n) is 3.49. The molecule has 1 heterocycles. The predicted octanol–water partition coefficient (Wildman–Crippen LogP) is 1.42. The summed E-state index contributed by atoms with van der Waals surface area (Å²) in [5.41, 5.74) is 0. The third-order valence-corrected chi connectivity index (χ3v) is 2.41. The van der Waals surface area contributed by atoms with Crippen LogP contribution in [-0.4, -0.2) is 36.6 Å². The normalized spacial score (nSPS) is 23.2. The highest BCUT2D eigenvalue weighted by Crippen LogP contribution is 2.09. The molecule has 0 bridgehead atoms. The van der Waals surface area contributed by atoms with E-state index in [2.05, 4.69) is 6.92 Å². The lowest BCUT2D eigenvalue weighted by Gasteiger charge is -2.32. The Kier molecular flexibility index (Phi) is 4.22. The summed E-state index contributed by atoms with van der Waals surface area (Å²) < 4.78 is 5.49. The molecule has 0 aliphatic carbocycles. The highest BCUT2D eigenvalue weighted by atomic mass is 16.5. The van der Waals surface area contributed by atoms with Gasteiger partial charge in [-0.15, -0.1) is 0 Å². The molecule has 0 N–H and O–H groups in total. The summed E-state index contributed by atoms with van der Waals surface area (Å²) in [6.07, 6.45) is 2.87. The Balaban J connectivity index is 2.37. The summed E-state index contributed by atoms with van der Waals surface area (Å²) >= 11 is 0. The van der Waals surface area contributed by atoms with Crippen molar-refractivity contribution in [1.82, 2.24) is 4.90 Å². The smallest absolute Gasteiger partial charge is 0.222 e. The van der Waals surface area contributed by atoms with Gasteiger partial charge in [0, 0.05) is 19.5 Å². The van der Waals surface area contributed by atoms with Gasteiger partial charge in [-0.05, 0) is 12.8 Å². The van der Waals surface area contributed by atoms with E-state index < -0.39 is 0 Å². The summed E-state index contributed by atoms with van der Waals surface area (Å²) in [6, 6.07) is 0. The lowest BCUT2D eigenvalue weighted by atomic mass is 10.2. The molecule has 0 aromatic heterocycles. The van der Waals surface area contributed by atoms with E-state index in [1.807, 2.05) is 11.8 Å². The van der Waals surface area contributed by atoms with E-state index in [0.29, 0.717) is 13.0 Å². The fourth-order valence-corrected chi connectivity index (χ4v) is 1.56. The molecule has 1 amide bonds. The van der Waals surface area contributed by atoms with Crippen molar-refractivity contribution >= 4 is 5.91 Å². The minimum absolute atomic E-state index is 0.259. The Hall–Kier alpha value is -0.570. The Morgan fingerprint density at radius 3 is 2.92 bits per heavy atom. The van der Waals surface area contributed by atoms with E-state index in [1.54, 1.807) is 0 Å². The molecule has 0 aromatic rings. The molecule has 0 spiro atoms. The third-order valence-electron chi connectivity index (χ3n) is 2.41. The fraction of sp³-hybridized carbons (Fsp3) is 0.900. The number of rotatable bonds is 3. The van der Waals surface area contributed by atoms with E-state index in [4.69, 9.17) is 4.74 Å². The monoisotopic (exact) mass is 185 g/mol. The molecule has 1 atom stereocenters. The van der Waals surface area contributed by atoms with E-state index >= 15 is 0 Å². The van der Waals surface area contributed by atoms with Crippen LogP contribution in [0, 0.1) is 0 Å². The van der Waals surface area contributed by atoms with Gasteiger partial charge in [0.05, 0.1) is 12.7 Å². The minimum Gasteiger partial charge on any atom is -0.375 e. The van der Waals surface area contributed by atoms with Crippen LogP contribution in [0.4, 0.5) is 0 Å². The highest BCUT2D eigenvalue weighted by Gasteiger charge is 2.21. The van der Waals surface area contributed by atoms with Gasteiger partial charge in [0.15, 0.2) is 0 Å². The maximum absolute atomic E-state index is 11.5. The van der Waals surface area contributed by atoms with Crippen LogP contribution in [0.1, 0.15) is 33.1 Å². The number of nitrogens with zero attached hydrogens (tertiary/aromatic N) is 1. The summed E-state index contributed by atoms with van der Waals surface area (Å²) in [6.45, 7) is 6.40. The SMILES string of the molecule is CCCC(=O)N1CCOC(CC)C1. The van der Waals surface area contributed by atoms with Gasteiger partial charge < -0.3 is 9.64 Å². The number of carbonyl (C=O) groups excluding carboxylic acids is 1. The van der Waals surface area contributed by atoms with Crippen LogP contribution >= 0.6 is 0 Å². The molecule has 1 aliphatic heterocycles. The zero-order chi connectivity index (χ0) is 9.68. The lowest BCUT2D eigenvalue weighted by Crippen LogP contribution is -2.45. The molecule has 0 radical (unpaired) electrons. The van der Waals surface area contributed by atoms with Crippen molar-refractivity contribution in [3.05, 3.63) is 0 Å². The van der Waals surface area contributed by atoms with Gasteiger partial charge in [-0.3, -0.25) is 4.79 Å². The van der Waals surface area contributed by atoms with Crippen LogP contribution in [0.5, 0.6) is 0 Å². The largest absolute Gasteiger partial charge is 0.375 e. The van der Waals surface area contributed by atoms with Gasteiger partial charge in [-0.25, -0.2) is 0 Å². The Bertz CT molecular complexity index is 170. The second kappa shape index (κ2) is 5.22. The van der Waals surface area contributed by atoms with Gasteiger partial charge in [-0.1, -0.05) is 13.8 Å². The number of ether oxygens (including phenoxy) is 1. The molecule has 3 nitrogen and oxygen atoms in total. The van der Waals surface area contributed by atoms with Crippen molar-refractivity contribution in [3.63, 3.8) is 0 Å². The molecule has 0 aromatic carbocycles. The fourth-order valence-electron chi connectivity index (χ4n) is 1.56. The standard InChI is InChI=1S/C10H19NO2/c1-3-5-10(12)11-6-7-13-9(4-2)8-11/h9H,3-8H2,1-2H3. The zero-order valence-corrected chi connectivity index (χ0v) is 8.58. The average Bonchev–Trinajstić information content (AvgIpc) is 2.18. The van der Waals surface area contributed by atoms with Gasteiger partial charge >= 0.3 is 0 Å². The molecule has 13 heavy (non-hydrogen) atoms. The maximum atomic E-state index is 11.5. The van der Waals surface area contributed by atoms with Gasteiger partial charge in [-0.2, -0.15) is 0 Å². The number of hydrogen-bond acceptors (Lipinski definition) is 2. The molecule has 1 unspecified atom stereocenters. The molecule has 1 saturated heterocycles. The summed E-state index contributed by atoms with van der Waals surface area (Å²) in [5.74, 6) is 0.282. The first-order chi connectivity index (χ1) is 6.27. The molecule has 1 rings (SSSR count). The molecular formula is C10H19NO2. The summed E-state index contributed by atoms with van der Waals surface area (Å²) in [5, 5.41) is 0.